The summed E-state index contributed by atoms with van der Waals surface area (Å²) in [6.45, 7) is 0. The van der Waals surface area contributed by atoms with E-state index >= 15 is 0 Å². The first-order chi connectivity index (χ1) is 14.4. The zero-order valence-electron chi connectivity index (χ0n) is 16.8. The van der Waals surface area contributed by atoms with E-state index < -0.39 is 24.1 Å². The Kier molecular flexibility index (Phi) is 6.66. The highest BCUT2D eigenvalue weighted by molar-refractivity contribution is 5.91. The molecular weight excluding hydrogens is 392 g/mol. The Bertz CT molecular complexity index is 850. The summed E-state index contributed by atoms with van der Waals surface area (Å²) in [4.78, 5) is 24.9. The van der Waals surface area contributed by atoms with Gasteiger partial charge in [-0.25, -0.2) is 9.59 Å². The number of hydrogen-bond donors (Lipinski definition) is 2. The van der Waals surface area contributed by atoms with E-state index in [9.17, 15) is 19.8 Å². The fourth-order valence-corrected chi connectivity index (χ4v) is 3.36. The minimum atomic E-state index is -0.534. The molecule has 0 aliphatic heterocycles. The van der Waals surface area contributed by atoms with Crippen LogP contribution in [0.15, 0.2) is 36.4 Å². The normalized spacial score (nSPS) is 18.3. The van der Waals surface area contributed by atoms with Crippen LogP contribution in [0, 0.1) is 0 Å². The summed E-state index contributed by atoms with van der Waals surface area (Å²) in [6, 6.07) is 8.48. The van der Waals surface area contributed by atoms with E-state index in [1.807, 2.05) is 0 Å². The van der Waals surface area contributed by atoms with E-state index in [0.717, 1.165) is 6.42 Å². The van der Waals surface area contributed by atoms with E-state index in [1.54, 1.807) is 0 Å². The van der Waals surface area contributed by atoms with Gasteiger partial charge in [-0.1, -0.05) is 0 Å². The molecule has 30 heavy (non-hydrogen) atoms. The molecule has 1 saturated carbocycles. The summed E-state index contributed by atoms with van der Waals surface area (Å²) in [5, 5.41) is 19.3. The second-order valence-corrected chi connectivity index (χ2v) is 6.99. The molecule has 3 rings (SSSR count). The fraction of sp³-hybridized carbons (Fsp3) is 0.364. The lowest BCUT2D eigenvalue weighted by Gasteiger charge is -2.28. The Morgan fingerprint density at radius 3 is 1.63 bits per heavy atom. The zero-order valence-corrected chi connectivity index (χ0v) is 16.8. The van der Waals surface area contributed by atoms with Gasteiger partial charge in [-0.2, -0.15) is 0 Å². The maximum absolute atomic E-state index is 12.4. The molecule has 8 nitrogen and oxygen atoms in total. The van der Waals surface area contributed by atoms with Crippen LogP contribution < -0.4 is 9.47 Å². The number of carbonyl (C=O) groups excluding carboxylic acids is 2. The van der Waals surface area contributed by atoms with Crippen LogP contribution in [0.5, 0.6) is 23.0 Å². The van der Waals surface area contributed by atoms with Crippen LogP contribution in [-0.2, 0) is 9.47 Å². The van der Waals surface area contributed by atoms with Crippen LogP contribution in [0.2, 0.25) is 0 Å². The average Bonchev–Trinajstić information content (AvgIpc) is 2.74. The van der Waals surface area contributed by atoms with Gasteiger partial charge in [0.2, 0.25) is 0 Å². The van der Waals surface area contributed by atoms with Crippen LogP contribution in [0.4, 0.5) is 0 Å². The summed E-state index contributed by atoms with van der Waals surface area (Å²) in [7, 11) is 2.79. The van der Waals surface area contributed by atoms with Gasteiger partial charge in [0.25, 0.3) is 0 Å². The molecule has 0 radical (unpaired) electrons. The average molecular weight is 416 g/mol. The zero-order chi connectivity index (χ0) is 21.7. The van der Waals surface area contributed by atoms with Gasteiger partial charge in [0.15, 0.2) is 23.0 Å². The van der Waals surface area contributed by atoms with Gasteiger partial charge in [-0.05, 0) is 55.7 Å². The summed E-state index contributed by atoms with van der Waals surface area (Å²) in [6.07, 6.45) is 1.69. The number of ether oxygens (including phenoxy) is 4. The second kappa shape index (κ2) is 9.39. The Labute approximate surface area is 173 Å². The molecule has 8 heteroatoms. The maximum Gasteiger partial charge on any atom is 0.338 e. The van der Waals surface area contributed by atoms with Gasteiger partial charge in [0, 0.05) is 6.42 Å². The van der Waals surface area contributed by atoms with Crippen molar-refractivity contribution in [2.24, 2.45) is 0 Å². The lowest BCUT2D eigenvalue weighted by Crippen LogP contribution is -2.31. The maximum atomic E-state index is 12.4. The van der Waals surface area contributed by atoms with Crippen LogP contribution in [0.3, 0.4) is 0 Å². The number of phenolic OH excluding ortho intramolecular Hbond substituents is 2. The lowest BCUT2D eigenvalue weighted by molar-refractivity contribution is -0.0177. The number of hydrogen-bond acceptors (Lipinski definition) is 8. The van der Waals surface area contributed by atoms with Gasteiger partial charge in [0.05, 0.1) is 25.3 Å². The summed E-state index contributed by atoms with van der Waals surface area (Å²) < 4.78 is 21.2. The quantitative estimate of drug-likeness (QED) is 0.689. The summed E-state index contributed by atoms with van der Waals surface area (Å²) in [5.41, 5.74) is 0.528. The molecule has 160 valence electrons. The van der Waals surface area contributed by atoms with E-state index in [4.69, 9.17) is 18.9 Å². The highest BCUT2D eigenvalue weighted by Gasteiger charge is 2.28. The van der Waals surface area contributed by atoms with Crippen LogP contribution in [-0.4, -0.2) is 48.6 Å². The smallest absolute Gasteiger partial charge is 0.338 e. The molecule has 0 heterocycles. The third-order valence-corrected chi connectivity index (χ3v) is 4.96. The van der Waals surface area contributed by atoms with Crippen LogP contribution >= 0.6 is 0 Å². The standard InChI is InChI=1S/C22H24O8/c1-27-19-10-13(6-8-17(19)23)21(25)29-15-4-3-5-16(12-15)30-22(26)14-7-9-18(24)20(11-14)28-2/h6-11,15-16,23-24H,3-5,12H2,1-2H3/t15-,16-/m0/s1. The molecule has 2 atom stereocenters. The van der Waals surface area contributed by atoms with Crippen LogP contribution in [0.1, 0.15) is 46.4 Å². The molecule has 0 bridgehead atoms. The van der Waals surface area contributed by atoms with E-state index in [1.165, 1.54) is 50.6 Å². The molecule has 0 amide bonds. The number of carbonyl (C=O) groups is 2. The van der Waals surface area contributed by atoms with Crippen molar-refractivity contribution in [3.05, 3.63) is 47.5 Å². The Balaban J connectivity index is 1.60. The van der Waals surface area contributed by atoms with Crippen molar-refractivity contribution in [1.82, 2.24) is 0 Å². The minimum Gasteiger partial charge on any atom is -0.504 e. The largest absolute Gasteiger partial charge is 0.504 e. The minimum absolute atomic E-state index is 0.0652. The molecule has 1 aliphatic carbocycles. The molecule has 1 aliphatic rings. The van der Waals surface area contributed by atoms with Gasteiger partial charge < -0.3 is 29.2 Å². The van der Waals surface area contributed by atoms with Gasteiger partial charge in [-0.3, -0.25) is 0 Å². The van der Waals surface area contributed by atoms with Crippen molar-refractivity contribution in [2.75, 3.05) is 14.2 Å². The highest BCUT2D eigenvalue weighted by atomic mass is 16.6. The Morgan fingerprint density at radius 2 is 1.23 bits per heavy atom. The Hall–Kier alpha value is -3.42. The first-order valence-corrected chi connectivity index (χ1v) is 9.57. The topological polar surface area (TPSA) is 112 Å². The molecular formula is C22H24O8. The highest BCUT2D eigenvalue weighted by Crippen LogP contribution is 2.30. The van der Waals surface area contributed by atoms with Gasteiger partial charge in [-0.15, -0.1) is 0 Å². The fourth-order valence-electron chi connectivity index (χ4n) is 3.36. The number of rotatable bonds is 6. The second-order valence-electron chi connectivity index (χ2n) is 6.99. The first-order valence-electron chi connectivity index (χ1n) is 9.57. The van der Waals surface area contributed by atoms with Crippen molar-refractivity contribution < 1.29 is 38.7 Å². The van der Waals surface area contributed by atoms with Crippen molar-refractivity contribution >= 4 is 11.9 Å². The monoisotopic (exact) mass is 416 g/mol. The molecule has 0 aromatic heterocycles. The lowest BCUT2D eigenvalue weighted by atomic mass is 9.94. The number of methoxy groups -OCH3 is 2. The first kappa shape index (κ1) is 21.3. The van der Waals surface area contributed by atoms with E-state index in [2.05, 4.69) is 0 Å². The summed E-state index contributed by atoms with van der Waals surface area (Å²) in [5.74, 6) is -0.829. The number of phenols is 2. The number of aromatic hydroxyl groups is 2. The van der Waals surface area contributed by atoms with E-state index in [0.29, 0.717) is 19.3 Å². The molecule has 2 aromatic rings. The Morgan fingerprint density at radius 1 is 0.800 bits per heavy atom. The predicted octanol–water partition coefficient (Wildman–Crippen LogP) is 3.44. The van der Waals surface area contributed by atoms with Gasteiger partial charge >= 0.3 is 11.9 Å². The molecule has 2 N–H and O–H groups in total. The van der Waals surface area contributed by atoms with E-state index in [-0.39, 0.29) is 34.1 Å². The van der Waals surface area contributed by atoms with Gasteiger partial charge in [0.1, 0.15) is 12.2 Å². The third-order valence-electron chi connectivity index (χ3n) is 4.96. The van der Waals surface area contributed by atoms with Crippen LogP contribution in [0.25, 0.3) is 0 Å². The third kappa shape index (κ3) is 4.94. The predicted molar refractivity (Wildman–Crippen MR) is 106 cm³/mol. The molecule has 0 spiro atoms. The summed E-state index contributed by atoms with van der Waals surface area (Å²) >= 11 is 0. The molecule has 2 aromatic carbocycles. The SMILES string of the molecule is COc1cc(C(=O)O[C@H]2CCC[C@H](OC(=O)c3ccc(O)c(OC)c3)C2)ccc1O. The van der Waals surface area contributed by atoms with Crippen molar-refractivity contribution in [3.63, 3.8) is 0 Å². The number of esters is 2. The molecule has 1 fully saturated rings. The van der Waals surface area contributed by atoms with Crippen molar-refractivity contribution in [1.29, 1.82) is 0 Å². The van der Waals surface area contributed by atoms with Crippen molar-refractivity contribution in [3.8, 4) is 23.0 Å². The number of benzene rings is 2. The molecule has 0 unspecified atom stereocenters. The molecule has 0 saturated heterocycles. The van der Waals surface area contributed by atoms with Crippen molar-refractivity contribution in [2.45, 2.75) is 37.9 Å².